The van der Waals surface area contributed by atoms with Crippen LogP contribution in [0.2, 0.25) is 0 Å². The minimum absolute atomic E-state index is 0.0513. The molecule has 1 fully saturated rings. The highest BCUT2D eigenvalue weighted by Gasteiger charge is 2.46. The fourth-order valence-electron chi connectivity index (χ4n) is 3.84. The number of carbonyl (C=O) groups excluding carboxylic acids is 2. The third-order valence-corrected chi connectivity index (χ3v) is 6.18. The second-order valence-corrected chi connectivity index (χ2v) is 8.17. The summed E-state index contributed by atoms with van der Waals surface area (Å²) in [6.07, 6.45) is 0. The van der Waals surface area contributed by atoms with Gasteiger partial charge >= 0.3 is 0 Å². The number of aliphatic hydroxyl groups is 1. The lowest BCUT2D eigenvalue weighted by molar-refractivity contribution is -0.140. The molecule has 32 heavy (non-hydrogen) atoms. The molecule has 1 saturated heterocycles. The molecule has 0 bridgehead atoms. The van der Waals surface area contributed by atoms with Gasteiger partial charge in [-0.3, -0.25) is 9.59 Å². The van der Waals surface area contributed by atoms with Crippen molar-refractivity contribution in [1.29, 1.82) is 0 Å². The maximum absolute atomic E-state index is 13.2. The number of benzene rings is 2. The summed E-state index contributed by atoms with van der Waals surface area (Å²) in [5, 5.41) is 23.0. The summed E-state index contributed by atoms with van der Waals surface area (Å²) in [5.74, 6) is -1.25. The zero-order chi connectivity index (χ0) is 22.8. The van der Waals surface area contributed by atoms with Crippen molar-refractivity contribution in [2.45, 2.75) is 12.6 Å². The quantitative estimate of drug-likeness (QED) is 0.333. The number of carbonyl (C=O) groups is 2. The van der Waals surface area contributed by atoms with Gasteiger partial charge in [0.1, 0.15) is 28.6 Å². The number of hydrogen-bond donors (Lipinski definition) is 2. The van der Waals surface area contributed by atoms with E-state index in [1.807, 2.05) is 17.5 Å². The van der Waals surface area contributed by atoms with Crippen LogP contribution in [-0.2, 0) is 16.1 Å². The molecule has 0 radical (unpaired) electrons. The van der Waals surface area contributed by atoms with E-state index in [1.165, 1.54) is 42.6 Å². The van der Waals surface area contributed by atoms with Crippen LogP contribution in [0.1, 0.15) is 22.0 Å². The highest BCUT2D eigenvalue weighted by molar-refractivity contribution is 7.09. The summed E-state index contributed by atoms with van der Waals surface area (Å²) >= 11 is 1.47. The standard InChI is InChI=1S/C24H21NO6S/c1-30-17-6-3-7-18(31-2)19(17)22(27)20-21(14-8-10-15(26)11-9-14)25(24(29)23(20)28)13-16-5-4-12-32-16/h3-12,21,26-27H,13H2,1-2H3/b22-20+. The summed E-state index contributed by atoms with van der Waals surface area (Å²) in [6, 6.07) is 14.1. The van der Waals surface area contributed by atoms with Gasteiger partial charge in [0.2, 0.25) is 0 Å². The van der Waals surface area contributed by atoms with Crippen LogP contribution in [-0.4, -0.2) is 41.0 Å². The summed E-state index contributed by atoms with van der Waals surface area (Å²) < 4.78 is 10.8. The molecule has 4 rings (SSSR count). The number of ketones is 1. The molecule has 2 aromatic carbocycles. The molecule has 1 atom stereocenters. The van der Waals surface area contributed by atoms with E-state index in [-0.39, 0.29) is 29.2 Å². The lowest BCUT2D eigenvalue weighted by Gasteiger charge is -2.25. The molecule has 1 aliphatic rings. The number of nitrogens with zero attached hydrogens (tertiary/aromatic N) is 1. The van der Waals surface area contributed by atoms with Crippen molar-refractivity contribution in [1.82, 2.24) is 4.90 Å². The number of Topliss-reactive ketones (excluding diaryl/α,β-unsaturated/α-hetero) is 1. The van der Waals surface area contributed by atoms with Crippen LogP contribution in [0.5, 0.6) is 17.2 Å². The third-order valence-electron chi connectivity index (χ3n) is 5.32. The summed E-state index contributed by atoms with van der Waals surface area (Å²) in [4.78, 5) is 28.6. The van der Waals surface area contributed by atoms with Gasteiger partial charge in [0, 0.05) is 4.88 Å². The van der Waals surface area contributed by atoms with Gasteiger partial charge in [0.05, 0.1) is 32.4 Å². The number of phenols is 1. The monoisotopic (exact) mass is 451 g/mol. The van der Waals surface area contributed by atoms with Crippen LogP contribution in [0.15, 0.2) is 65.6 Å². The van der Waals surface area contributed by atoms with Gasteiger partial charge in [0.25, 0.3) is 11.7 Å². The van der Waals surface area contributed by atoms with Crippen molar-refractivity contribution in [3.05, 3.63) is 81.6 Å². The highest BCUT2D eigenvalue weighted by Crippen LogP contribution is 2.44. The summed E-state index contributed by atoms with van der Waals surface area (Å²) in [7, 11) is 2.89. The molecule has 0 spiro atoms. The van der Waals surface area contributed by atoms with Crippen LogP contribution in [0.3, 0.4) is 0 Å². The van der Waals surface area contributed by atoms with Gasteiger partial charge in [0.15, 0.2) is 0 Å². The van der Waals surface area contributed by atoms with E-state index in [0.29, 0.717) is 17.1 Å². The molecule has 2 N–H and O–H groups in total. The predicted molar refractivity (Wildman–Crippen MR) is 120 cm³/mol. The molecule has 1 unspecified atom stereocenters. The van der Waals surface area contributed by atoms with Crippen LogP contribution < -0.4 is 9.47 Å². The van der Waals surface area contributed by atoms with Crippen molar-refractivity contribution in [2.24, 2.45) is 0 Å². The first-order valence-electron chi connectivity index (χ1n) is 9.77. The number of likely N-dealkylation sites (tertiary alicyclic amines) is 1. The molecular weight excluding hydrogens is 430 g/mol. The van der Waals surface area contributed by atoms with Crippen LogP contribution >= 0.6 is 11.3 Å². The number of aromatic hydroxyl groups is 1. The molecule has 1 aromatic heterocycles. The van der Waals surface area contributed by atoms with Crippen molar-refractivity contribution >= 4 is 28.8 Å². The first-order valence-corrected chi connectivity index (χ1v) is 10.6. The Balaban J connectivity index is 1.94. The zero-order valence-corrected chi connectivity index (χ0v) is 18.3. The molecule has 8 heteroatoms. The molecule has 0 aliphatic carbocycles. The molecule has 0 saturated carbocycles. The Morgan fingerprint density at radius 1 is 1.00 bits per heavy atom. The topological polar surface area (TPSA) is 96.3 Å². The number of amides is 1. The Kier molecular flexibility index (Phi) is 5.87. The fourth-order valence-corrected chi connectivity index (χ4v) is 4.54. The van der Waals surface area contributed by atoms with Crippen molar-refractivity contribution in [3.8, 4) is 17.2 Å². The van der Waals surface area contributed by atoms with Crippen molar-refractivity contribution in [2.75, 3.05) is 14.2 Å². The number of methoxy groups -OCH3 is 2. The zero-order valence-electron chi connectivity index (χ0n) is 17.4. The lowest BCUT2D eigenvalue weighted by atomic mass is 9.94. The third kappa shape index (κ3) is 3.69. The fraction of sp³-hybridized carbons (Fsp3) is 0.167. The molecule has 1 amide bonds. The van der Waals surface area contributed by atoms with E-state index < -0.39 is 17.7 Å². The molecule has 2 heterocycles. The largest absolute Gasteiger partial charge is 0.508 e. The normalized spacial score (nSPS) is 17.6. The number of aliphatic hydroxyl groups excluding tert-OH is 1. The Labute approximate surface area is 188 Å². The van der Waals surface area contributed by atoms with Gasteiger partial charge in [-0.15, -0.1) is 11.3 Å². The second kappa shape index (κ2) is 8.76. The van der Waals surface area contributed by atoms with Gasteiger partial charge < -0.3 is 24.6 Å². The number of rotatable bonds is 6. The van der Waals surface area contributed by atoms with Crippen LogP contribution in [0.4, 0.5) is 0 Å². The first kappa shape index (κ1) is 21.5. The van der Waals surface area contributed by atoms with E-state index >= 15 is 0 Å². The summed E-state index contributed by atoms with van der Waals surface area (Å²) in [6.45, 7) is 0.202. The SMILES string of the molecule is COc1cccc(OC)c1/C(O)=C1\C(=O)C(=O)N(Cc2cccs2)C1c1ccc(O)cc1. The maximum Gasteiger partial charge on any atom is 0.295 e. The smallest absolute Gasteiger partial charge is 0.295 e. The Morgan fingerprint density at radius 3 is 2.22 bits per heavy atom. The number of hydrogen-bond acceptors (Lipinski definition) is 7. The van der Waals surface area contributed by atoms with Crippen LogP contribution in [0, 0.1) is 0 Å². The van der Waals surface area contributed by atoms with E-state index in [9.17, 15) is 19.8 Å². The lowest BCUT2D eigenvalue weighted by Crippen LogP contribution is -2.28. The molecule has 164 valence electrons. The van der Waals surface area contributed by atoms with Gasteiger partial charge in [-0.25, -0.2) is 0 Å². The molecular formula is C24H21NO6S. The minimum Gasteiger partial charge on any atom is -0.508 e. The van der Waals surface area contributed by atoms with Crippen LogP contribution in [0.25, 0.3) is 5.76 Å². The maximum atomic E-state index is 13.2. The van der Waals surface area contributed by atoms with E-state index in [2.05, 4.69) is 0 Å². The predicted octanol–water partition coefficient (Wildman–Crippen LogP) is 4.09. The first-order chi connectivity index (χ1) is 15.5. The Hall–Kier alpha value is -3.78. The summed E-state index contributed by atoms with van der Waals surface area (Å²) in [5.41, 5.74) is 0.699. The molecule has 3 aromatic rings. The minimum atomic E-state index is -0.854. The average Bonchev–Trinajstić information content (AvgIpc) is 3.41. The Morgan fingerprint density at radius 2 is 1.66 bits per heavy atom. The van der Waals surface area contributed by atoms with Crippen molar-refractivity contribution in [3.63, 3.8) is 0 Å². The second-order valence-electron chi connectivity index (χ2n) is 7.14. The van der Waals surface area contributed by atoms with E-state index in [4.69, 9.17) is 9.47 Å². The number of ether oxygens (including phenoxy) is 2. The van der Waals surface area contributed by atoms with Gasteiger partial charge in [-0.2, -0.15) is 0 Å². The van der Waals surface area contributed by atoms with Crippen molar-refractivity contribution < 1.29 is 29.3 Å². The highest BCUT2D eigenvalue weighted by atomic mass is 32.1. The average molecular weight is 452 g/mol. The number of thiophene rings is 1. The number of phenolic OH excluding ortho intramolecular Hbond substituents is 1. The van der Waals surface area contributed by atoms with E-state index in [0.717, 1.165) is 4.88 Å². The van der Waals surface area contributed by atoms with E-state index in [1.54, 1.807) is 30.3 Å². The Bertz CT molecular complexity index is 1160. The molecule has 1 aliphatic heterocycles. The van der Waals surface area contributed by atoms with Gasteiger partial charge in [-0.1, -0.05) is 24.3 Å². The molecule has 7 nitrogen and oxygen atoms in total. The van der Waals surface area contributed by atoms with Gasteiger partial charge in [-0.05, 0) is 41.3 Å².